The normalized spacial score (nSPS) is 11.1. The number of carbonyl (C=O) groups is 2. The third-order valence-corrected chi connectivity index (χ3v) is 3.95. The van der Waals surface area contributed by atoms with E-state index in [1.807, 2.05) is 6.92 Å². The van der Waals surface area contributed by atoms with Crippen LogP contribution in [0.15, 0.2) is 6.20 Å². The van der Waals surface area contributed by atoms with E-state index in [2.05, 4.69) is 15.6 Å². The summed E-state index contributed by atoms with van der Waals surface area (Å²) in [5.74, 6) is -1.02. The van der Waals surface area contributed by atoms with Gasteiger partial charge in [-0.25, -0.2) is 14.6 Å². The van der Waals surface area contributed by atoms with E-state index in [4.69, 9.17) is 0 Å². The molecular formula is C12H19N3O3S. The van der Waals surface area contributed by atoms with E-state index in [0.29, 0.717) is 19.4 Å². The zero-order valence-corrected chi connectivity index (χ0v) is 12.1. The summed E-state index contributed by atoms with van der Waals surface area (Å²) in [4.78, 5) is 28.2. The number of hydrogen-bond donors (Lipinski definition) is 3. The highest BCUT2D eigenvalue weighted by Crippen LogP contribution is 2.15. The van der Waals surface area contributed by atoms with Gasteiger partial charge in [-0.2, -0.15) is 0 Å². The van der Waals surface area contributed by atoms with Gasteiger partial charge in [-0.15, -0.1) is 11.3 Å². The molecule has 6 nitrogen and oxygen atoms in total. The smallest absolute Gasteiger partial charge is 0.329 e. The van der Waals surface area contributed by atoms with Crippen LogP contribution >= 0.6 is 11.3 Å². The number of carboxylic acids is 1. The van der Waals surface area contributed by atoms with Crippen molar-refractivity contribution < 1.29 is 14.7 Å². The van der Waals surface area contributed by atoms with Gasteiger partial charge in [-0.3, -0.25) is 0 Å². The largest absolute Gasteiger partial charge is 0.480 e. The predicted molar refractivity (Wildman–Crippen MR) is 73.2 cm³/mol. The molecule has 0 aliphatic rings. The van der Waals surface area contributed by atoms with Crippen LogP contribution in [0, 0.1) is 6.92 Å². The minimum atomic E-state index is -1.21. The Bertz CT molecular complexity index is 455. The lowest BCUT2D eigenvalue weighted by Crippen LogP contribution is -2.56. The van der Waals surface area contributed by atoms with E-state index in [1.165, 1.54) is 11.3 Å². The van der Waals surface area contributed by atoms with E-state index in [1.54, 1.807) is 20.0 Å². The molecule has 0 fully saturated rings. The van der Waals surface area contributed by atoms with Crippen LogP contribution in [0.2, 0.25) is 0 Å². The Balaban J connectivity index is 2.56. The van der Waals surface area contributed by atoms with Gasteiger partial charge in [0.25, 0.3) is 0 Å². The molecule has 0 aliphatic heterocycles. The van der Waals surface area contributed by atoms with Crippen LogP contribution in [0.4, 0.5) is 4.79 Å². The van der Waals surface area contributed by atoms with Crippen molar-refractivity contribution in [1.82, 2.24) is 15.6 Å². The highest BCUT2D eigenvalue weighted by atomic mass is 32.1. The maximum Gasteiger partial charge on any atom is 0.329 e. The lowest BCUT2D eigenvalue weighted by molar-refractivity contribution is -0.144. The third-order valence-electron chi connectivity index (χ3n) is 3.04. The van der Waals surface area contributed by atoms with E-state index in [-0.39, 0.29) is 0 Å². The molecule has 0 saturated heterocycles. The number of amides is 2. The summed E-state index contributed by atoms with van der Waals surface area (Å²) in [5.41, 5.74) is -1.21. The minimum Gasteiger partial charge on any atom is -0.480 e. The predicted octanol–water partition coefficient (Wildman–Crippen LogP) is 1.89. The van der Waals surface area contributed by atoms with E-state index in [0.717, 1.165) is 9.88 Å². The molecule has 0 unspecified atom stereocenters. The first-order valence-corrected chi connectivity index (χ1v) is 6.96. The van der Waals surface area contributed by atoms with Gasteiger partial charge in [0, 0.05) is 11.1 Å². The summed E-state index contributed by atoms with van der Waals surface area (Å²) < 4.78 is 0. The molecule has 0 aromatic carbocycles. The average molecular weight is 285 g/mol. The fourth-order valence-electron chi connectivity index (χ4n) is 1.68. The number of thiazole rings is 1. The number of aryl methyl sites for hydroxylation is 1. The molecule has 0 spiro atoms. The molecule has 2 amide bonds. The number of carbonyl (C=O) groups excluding carboxylic acids is 1. The van der Waals surface area contributed by atoms with Gasteiger partial charge >= 0.3 is 12.0 Å². The van der Waals surface area contributed by atoms with Crippen molar-refractivity contribution in [1.29, 1.82) is 0 Å². The maximum absolute atomic E-state index is 11.8. The number of carboxylic acid groups (broad SMARTS) is 1. The van der Waals surface area contributed by atoms with Gasteiger partial charge in [-0.1, -0.05) is 13.8 Å². The van der Waals surface area contributed by atoms with Crippen LogP contribution in [0.25, 0.3) is 0 Å². The number of nitrogens with one attached hydrogen (secondary N) is 2. The van der Waals surface area contributed by atoms with Crippen LogP contribution in [-0.4, -0.2) is 27.6 Å². The zero-order valence-electron chi connectivity index (χ0n) is 11.3. The SMILES string of the molecule is CCC(CC)(NC(=O)NCc1ncc(C)s1)C(=O)O. The lowest BCUT2D eigenvalue weighted by atomic mass is 9.93. The third kappa shape index (κ3) is 3.92. The summed E-state index contributed by atoms with van der Waals surface area (Å²) in [6.45, 7) is 5.71. The van der Waals surface area contributed by atoms with Crippen LogP contribution in [-0.2, 0) is 11.3 Å². The monoisotopic (exact) mass is 285 g/mol. The van der Waals surface area contributed by atoms with Crippen molar-refractivity contribution in [3.63, 3.8) is 0 Å². The number of rotatable bonds is 6. The van der Waals surface area contributed by atoms with Gasteiger partial charge in [0.05, 0.1) is 6.54 Å². The molecule has 1 aromatic rings. The van der Waals surface area contributed by atoms with Crippen molar-refractivity contribution >= 4 is 23.3 Å². The van der Waals surface area contributed by atoms with Crippen molar-refractivity contribution in [2.24, 2.45) is 0 Å². The van der Waals surface area contributed by atoms with E-state index < -0.39 is 17.5 Å². The molecule has 7 heteroatoms. The Kier molecular flexibility index (Phi) is 5.29. The Hall–Kier alpha value is -1.63. The topological polar surface area (TPSA) is 91.3 Å². The maximum atomic E-state index is 11.8. The summed E-state index contributed by atoms with van der Waals surface area (Å²) in [6.07, 6.45) is 2.41. The lowest BCUT2D eigenvalue weighted by Gasteiger charge is -2.27. The molecule has 0 atom stereocenters. The van der Waals surface area contributed by atoms with Gasteiger partial charge in [0.15, 0.2) is 0 Å². The Morgan fingerprint density at radius 3 is 2.47 bits per heavy atom. The van der Waals surface area contributed by atoms with Crippen LogP contribution in [0.3, 0.4) is 0 Å². The second-order valence-corrected chi connectivity index (χ2v) is 5.59. The Morgan fingerprint density at radius 2 is 2.05 bits per heavy atom. The molecule has 1 aromatic heterocycles. The van der Waals surface area contributed by atoms with Crippen molar-refractivity contribution in [2.45, 2.75) is 45.7 Å². The average Bonchev–Trinajstić information content (AvgIpc) is 2.79. The molecule has 1 rings (SSSR count). The summed E-state index contributed by atoms with van der Waals surface area (Å²) >= 11 is 1.50. The molecule has 0 aliphatic carbocycles. The fraction of sp³-hybridized carbons (Fsp3) is 0.583. The highest BCUT2D eigenvalue weighted by Gasteiger charge is 2.36. The summed E-state index contributed by atoms with van der Waals surface area (Å²) in [7, 11) is 0. The molecule has 19 heavy (non-hydrogen) atoms. The van der Waals surface area contributed by atoms with Gasteiger partial charge < -0.3 is 15.7 Å². The second-order valence-electron chi connectivity index (χ2n) is 4.27. The molecule has 0 radical (unpaired) electrons. The molecule has 0 bridgehead atoms. The second kappa shape index (κ2) is 6.51. The first kappa shape index (κ1) is 15.4. The Morgan fingerprint density at radius 1 is 1.42 bits per heavy atom. The standard InChI is InChI=1S/C12H19N3O3S/c1-4-12(5-2,10(16)17)15-11(18)14-7-9-13-6-8(3)19-9/h6H,4-5,7H2,1-3H3,(H,16,17)(H2,14,15,18). The summed E-state index contributed by atoms with van der Waals surface area (Å²) in [6, 6.07) is -0.487. The number of aromatic nitrogens is 1. The first-order valence-electron chi connectivity index (χ1n) is 6.14. The van der Waals surface area contributed by atoms with Crippen LogP contribution < -0.4 is 10.6 Å². The highest BCUT2D eigenvalue weighted by molar-refractivity contribution is 7.11. The molecule has 1 heterocycles. The molecule has 0 saturated carbocycles. The molecule has 106 valence electrons. The Labute approximate surface area is 116 Å². The van der Waals surface area contributed by atoms with Crippen LogP contribution in [0.5, 0.6) is 0 Å². The minimum absolute atomic E-state index is 0.299. The molecular weight excluding hydrogens is 266 g/mol. The van der Waals surface area contributed by atoms with E-state index >= 15 is 0 Å². The number of nitrogens with zero attached hydrogens (tertiary/aromatic N) is 1. The van der Waals surface area contributed by atoms with Crippen molar-refractivity contribution in [2.75, 3.05) is 0 Å². The van der Waals surface area contributed by atoms with Crippen molar-refractivity contribution in [3.8, 4) is 0 Å². The molecule has 3 N–H and O–H groups in total. The first-order chi connectivity index (χ1) is 8.93. The van der Waals surface area contributed by atoms with Crippen LogP contribution in [0.1, 0.15) is 36.6 Å². The van der Waals surface area contributed by atoms with Gasteiger partial charge in [-0.05, 0) is 19.8 Å². The number of urea groups is 1. The quantitative estimate of drug-likeness (QED) is 0.744. The van der Waals surface area contributed by atoms with E-state index in [9.17, 15) is 14.7 Å². The van der Waals surface area contributed by atoms with Gasteiger partial charge in [0.1, 0.15) is 10.5 Å². The zero-order chi connectivity index (χ0) is 14.5. The fourth-order valence-corrected chi connectivity index (χ4v) is 2.41. The number of hydrogen-bond acceptors (Lipinski definition) is 4. The van der Waals surface area contributed by atoms with Crippen molar-refractivity contribution in [3.05, 3.63) is 16.1 Å². The summed E-state index contributed by atoms with van der Waals surface area (Å²) in [5, 5.41) is 15.2. The van der Waals surface area contributed by atoms with Gasteiger partial charge in [0.2, 0.25) is 0 Å². The number of aliphatic carboxylic acids is 1.